The molecule has 5 nitrogen and oxygen atoms in total. The summed E-state index contributed by atoms with van der Waals surface area (Å²) in [6, 6.07) is 24.8. The zero-order valence-corrected chi connectivity index (χ0v) is 16.2. The molecule has 0 fully saturated rings. The van der Waals surface area contributed by atoms with Crippen molar-refractivity contribution < 1.29 is 4.79 Å². The first-order valence-electron chi connectivity index (χ1n) is 9.47. The minimum atomic E-state index is -0.215. The van der Waals surface area contributed by atoms with Crippen molar-refractivity contribution in [3.05, 3.63) is 107 Å². The van der Waals surface area contributed by atoms with E-state index in [0.29, 0.717) is 17.4 Å². The average Bonchev–Trinajstić information content (AvgIpc) is 2.75. The van der Waals surface area contributed by atoms with E-state index in [1.54, 1.807) is 23.1 Å². The number of rotatable bonds is 5. The molecular formula is C24H21N3O2. The second-order valence-corrected chi connectivity index (χ2v) is 7.00. The smallest absolute Gasteiger partial charge is 0.261 e. The molecule has 0 saturated carbocycles. The normalized spacial score (nSPS) is 10.8. The first-order chi connectivity index (χ1) is 14.1. The van der Waals surface area contributed by atoms with Gasteiger partial charge in [0, 0.05) is 5.69 Å². The second-order valence-electron chi connectivity index (χ2n) is 7.00. The summed E-state index contributed by atoms with van der Waals surface area (Å²) < 4.78 is 1.37. The summed E-state index contributed by atoms with van der Waals surface area (Å²) in [5, 5.41) is 0.507. The third-order valence-corrected chi connectivity index (χ3v) is 4.87. The molecule has 0 bridgehead atoms. The fourth-order valence-electron chi connectivity index (χ4n) is 3.26. The zero-order chi connectivity index (χ0) is 20.2. The van der Waals surface area contributed by atoms with E-state index in [-0.39, 0.29) is 18.0 Å². The Bertz CT molecular complexity index is 1200. The number of amides is 1. The van der Waals surface area contributed by atoms with Crippen molar-refractivity contribution >= 4 is 22.5 Å². The van der Waals surface area contributed by atoms with E-state index in [1.807, 2.05) is 67.6 Å². The summed E-state index contributed by atoms with van der Waals surface area (Å²) >= 11 is 0. The zero-order valence-electron chi connectivity index (χ0n) is 16.2. The van der Waals surface area contributed by atoms with Gasteiger partial charge in [-0.1, -0.05) is 60.2 Å². The van der Waals surface area contributed by atoms with Crippen molar-refractivity contribution in [3.63, 3.8) is 0 Å². The van der Waals surface area contributed by atoms with Gasteiger partial charge in [0.2, 0.25) is 5.91 Å². The molecule has 1 amide bonds. The van der Waals surface area contributed by atoms with E-state index in [9.17, 15) is 9.59 Å². The van der Waals surface area contributed by atoms with Gasteiger partial charge in [-0.25, -0.2) is 4.98 Å². The number of aromatic nitrogens is 2. The van der Waals surface area contributed by atoms with Crippen LogP contribution in [0.25, 0.3) is 10.9 Å². The van der Waals surface area contributed by atoms with E-state index in [0.717, 1.165) is 16.8 Å². The molecule has 0 unspecified atom stereocenters. The van der Waals surface area contributed by atoms with Gasteiger partial charge in [0.05, 0.1) is 23.8 Å². The Kier molecular flexibility index (Phi) is 5.20. The highest BCUT2D eigenvalue weighted by molar-refractivity contribution is 5.93. The molecule has 0 saturated heterocycles. The van der Waals surface area contributed by atoms with Crippen molar-refractivity contribution in [2.45, 2.75) is 20.0 Å². The average molecular weight is 383 g/mol. The fraction of sp³-hybridized carbons (Fsp3) is 0.125. The van der Waals surface area contributed by atoms with Crippen molar-refractivity contribution in [1.82, 2.24) is 9.55 Å². The first kappa shape index (κ1) is 18.6. The van der Waals surface area contributed by atoms with Crippen molar-refractivity contribution in [2.75, 3.05) is 4.90 Å². The van der Waals surface area contributed by atoms with Crippen LogP contribution >= 0.6 is 0 Å². The Morgan fingerprint density at radius 3 is 2.38 bits per heavy atom. The highest BCUT2D eigenvalue weighted by atomic mass is 16.2. The monoisotopic (exact) mass is 383 g/mol. The van der Waals surface area contributed by atoms with Crippen LogP contribution < -0.4 is 10.5 Å². The van der Waals surface area contributed by atoms with Gasteiger partial charge < -0.3 is 4.90 Å². The van der Waals surface area contributed by atoms with Gasteiger partial charge in [0.15, 0.2) is 0 Å². The summed E-state index contributed by atoms with van der Waals surface area (Å²) in [6.45, 7) is 2.36. The number of para-hydroxylation sites is 1. The highest BCUT2D eigenvalue weighted by Gasteiger charge is 2.18. The number of carbonyl (C=O) groups excluding carboxylic acids is 1. The molecule has 3 aromatic carbocycles. The molecule has 4 rings (SSSR count). The minimum absolute atomic E-state index is 0.0720. The topological polar surface area (TPSA) is 55.2 Å². The maximum absolute atomic E-state index is 13.2. The van der Waals surface area contributed by atoms with Crippen LogP contribution in [0.5, 0.6) is 0 Å². The highest BCUT2D eigenvalue weighted by Crippen LogP contribution is 2.19. The Morgan fingerprint density at radius 1 is 0.931 bits per heavy atom. The van der Waals surface area contributed by atoms with Crippen molar-refractivity contribution in [1.29, 1.82) is 0 Å². The van der Waals surface area contributed by atoms with Gasteiger partial charge >= 0.3 is 0 Å². The van der Waals surface area contributed by atoms with Crippen LogP contribution in [0.4, 0.5) is 5.69 Å². The van der Waals surface area contributed by atoms with E-state index in [2.05, 4.69) is 4.98 Å². The lowest BCUT2D eigenvalue weighted by Gasteiger charge is -2.23. The quantitative estimate of drug-likeness (QED) is 0.525. The maximum Gasteiger partial charge on any atom is 0.261 e. The van der Waals surface area contributed by atoms with Crippen LogP contribution in [-0.4, -0.2) is 15.5 Å². The standard InChI is InChI=1S/C24H21N3O2/c1-18-11-13-20(14-12-18)27(15-19-7-3-2-4-8-19)23(28)16-26-17-25-22-10-6-5-9-21(22)24(26)29/h2-14,17H,15-16H2,1H3. The van der Waals surface area contributed by atoms with Gasteiger partial charge in [-0.3, -0.25) is 14.2 Å². The number of aryl methyl sites for hydroxylation is 1. The largest absolute Gasteiger partial charge is 0.306 e. The summed E-state index contributed by atoms with van der Waals surface area (Å²) in [5.74, 6) is -0.170. The number of anilines is 1. The molecule has 1 aromatic heterocycles. The molecular weight excluding hydrogens is 362 g/mol. The van der Waals surface area contributed by atoms with Gasteiger partial charge in [0.1, 0.15) is 6.54 Å². The summed E-state index contributed by atoms with van der Waals surface area (Å²) in [7, 11) is 0. The lowest BCUT2D eigenvalue weighted by Crippen LogP contribution is -2.36. The molecule has 29 heavy (non-hydrogen) atoms. The molecule has 0 spiro atoms. The lowest BCUT2D eigenvalue weighted by molar-refractivity contribution is -0.119. The number of carbonyl (C=O) groups is 1. The Hall–Kier alpha value is -3.73. The molecule has 4 aromatic rings. The van der Waals surface area contributed by atoms with Crippen molar-refractivity contribution in [3.8, 4) is 0 Å². The van der Waals surface area contributed by atoms with Crippen LogP contribution in [0, 0.1) is 6.92 Å². The Balaban J connectivity index is 1.67. The van der Waals surface area contributed by atoms with E-state index in [4.69, 9.17) is 0 Å². The second kappa shape index (κ2) is 8.10. The molecule has 5 heteroatoms. The molecule has 0 aliphatic carbocycles. The van der Waals surface area contributed by atoms with Crippen LogP contribution in [0.15, 0.2) is 90.0 Å². The number of nitrogens with zero attached hydrogens (tertiary/aromatic N) is 3. The van der Waals surface area contributed by atoms with E-state index >= 15 is 0 Å². The van der Waals surface area contributed by atoms with E-state index < -0.39 is 0 Å². The number of fused-ring (bicyclic) bond motifs is 1. The third kappa shape index (κ3) is 4.09. The summed E-state index contributed by atoms with van der Waals surface area (Å²) in [6.07, 6.45) is 1.44. The molecule has 0 N–H and O–H groups in total. The molecule has 1 heterocycles. The molecule has 0 aliphatic rings. The Labute approximate surface area is 168 Å². The first-order valence-corrected chi connectivity index (χ1v) is 9.47. The van der Waals surface area contributed by atoms with Crippen LogP contribution in [-0.2, 0) is 17.9 Å². The molecule has 144 valence electrons. The molecule has 0 radical (unpaired) electrons. The van der Waals surface area contributed by atoms with Gasteiger partial charge in [-0.2, -0.15) is 0 Å². The summed E-state index contributed by atoms with van der Waals surface area (Å²) in [5.41, 5.74) is 3.35. The van der Waals surface area contributed by atoms with Gasteiger partial charge in [0.25, 0.3) is 5.56 Å². The van der Waals surface area contributed by atoms with Gasteiger partial charge in [-0.05, 0) is 36.8 Å². The van der Waals surface area contributed by atoms with Gasteiger partial charge in [-0.15, -0.1) is 0 Å². The minimum Gasteiger partial charge on any atom is -0.306 e. The lowest BCUT2D eigenvalue weighted by atomic mass is 10.1. The predicted octanol–water partition coefficient (Wildman–Crippen LogP) is 3.94. The SMILES string of the molecule is Cc1ccc(N(Cc2ccccc2)C(=O)Cn2cnc3ccccc3c2=O)cc1. The molecule has 0 atom stereocenters. The fourth-order valence-corrected chi connectivity index (χ4v) is 3.26. The van der Waals surface area contributed by atoms with Crippen LogP contribution in [0.1, 0.15) is 11.1 Å². The number of hydrogen-bond donors (Lipinski definition) is 0. The van der Waals surface area contributed by atoms with Crippen LogP contribution in [0.3, 0.4) is 0 Å². The third-order valence-electron chi connectivity index (χ3n) is 4.87. The summed E-state index contributed by atoms with van der Waals surface area (Å²) in [4.78, 5) is 32.0. The number of benzene rings is 3. The predicted molar refractivity (Wildman–Crippen MR) is 115 cm³/mol. The Morgan fingerprint density at radius 2 is 1.62 bits per heavy atom. The number of hydrogen-bond acceptors (Lipinski definition) is 3. The van der Waals surface area contributed by atoms with Crippen molar-refractivity contribution in [2.24, 2.45) is 0 Å². The maximum atomic E-state index is 13.2. The van der Waals surface area contributed by atoms with Crippen LogP contribution in [0.2, 0.25) is 0 Å². The van der Waals surface area contributed by atoms with E-state index in [1.165, 1.54) is 10.9 Å². The molecule has 0 aliphatic heterocycles.